The number of methoxy groups -OCH3 is 2. The van der Waals surface area contributed by atoms with E-state index in [-0.39, 0.29) is 0 Å². The van der Waals surface area contributed by atoms with Crippen LogP contribution in [0.1, 0.15) is 0 Å². The van der Waals surface area contributed by atoms with Crippen molar-refractivity contribution in [3.8, 4) is 22.8 Å². The second-order valence-electron chi connectivity index (χ2n) is 4.93. The van der Waals surface area contributed by atoms with Gasteiger partial charge in [-0.25, -0.2) is 0 Å². The van der Waals surface area contributed by atoms with E-state index in [0.717, 1.165) is 0 Å². The summed E-state index contributed by atoms with van der Waals surface area (Å²) in [6.07, 6.45) is 0. The summed E-state index contributed by atoms with van der Waals surface area (Å²) in [5, 5.41) is 14.2. The molecule has 24 heavy (non-hydrogen) atoms. The summed E-state index contributed by atoms with van der Waals surface area (Å²) in [5.74, 6) is 1.61. The molecule has 0 amide bonds. The van der Waals surface area contributed by atoms with Crippen LogP contribution in [-0.2, 0) is 0 Å². The van der Waals surface area contributed by atoms with Gasteiger partial charge in [-0.3, -0.25) is 0 Å². The van der Waals surface area contributed by atoms with Crippen molar-refractivity contribution in [2.75, 3.05) is 14.2 Å². The fourth-order valence-electron chi connectivity index (χ4n) is 2.41. The van der Waals surface area contributed by atoms with Crippen molar-refractivity contribution in [3.05, 3.63) is 51.8 Å². The molecular weight excluding hydrogens is 353 g/mol. The van der Waals surface area contributed by atoms with Gasteiger partial charge in [-0.2, -0.15) is 0 Å². The lowest BCUT2D eigenvalue weighted by atomic mass is 10.1. The molecule has 5 nitrogen and oxygen atoms in total. The van der Waals surface area contributed by atoms with E-state index in [4.69, 9.17) is 37.1 Å². The molecule has 7 heteroatoms. The van der Waals surface area contributed by atoms with Crippen LogP contribution in [0.3, 0.4) is 0 Å². The third-order valence-electron chi connectivity index (χ3n) is 3.54. The first kappa shape index (κ1) is 16.5. The number of hydrogen-bond donors (Lipinski definition) is 1. The van der Waals surface area contributed by atoms with Crippen LogP contribution in [0.4, 0.5) is 0 Å². The largest absolute Gasteiger partial charge is 0.493 e. The van der Waals surface area contributed by atoms with Gasteiger partial charge in [-0.15, -0.1) is 0 Å². The quantitative estimate of drug-likeness (QED) is 0.538. The van der Waals surface area contributed by atoms with Crippen molar-refractivity contribution in [2.45, 2.75) is 0 Å². The minimum absolute atomic E-state index is 0.297. The van der Waals surface area contributed by atoms with Gasteiger partial charge in [0.05, 0.1) is 19.2 Å². The first-order valence-electron chi connectivity index (χ1n) is 6.90. The number of rotatable bonds is 3. The van der Waals surface area contributed by atoms with Crippen LogP contribution < -0.4 is 14.8 Å². The average Bonchev–Trinajstić information content (AvgIpc) is 2.60. The monoisotopic (exact) mass is 365 g/mol. The molecule has 0 bridgehead atoms. The SMILES string of the molecule is COc1ccc(-c2c/c(=N/O)c3cc(Cl)cc(Cl)c3o2)cc1OC. The van der Waals surface area contributed by atoms with Crippen LogP contribution in [0.5, 0.6) is 11.5 Å². The Hall–Kier alpha value is -2.37. The molecule has 0 atom stereocenters. The van der Waals surface area contributed by atoms with Gasteiger partial charge in [0.1, 0.15) is 11.1 Å². The highest BCUT2D eigenvalue weighted by atomic mass is 35.5. The van der Waals surface area contributed by atoms with Crippen LogP contribution in [0.25, 0.3) is 22.3 Å². The summed E-state index contributed by atoms with van der Waals surface area (Å²) in [6, 6.07) is 10.1. The molecule has 0 aliphatic rings. The Labute approximate surface area is 147 Å². The maximum atomic E-state index is 9.32. The Balaban J connectivity index is 2.28. The summed E-state index contributed by atoms with van der Waals surface area (Å²) in [6.45, 7) is 0. The minimum Gasteiger partial charge on any atom is -0.493 e. The number of benzene rings is 2. The van der Waals surface area contributed by atoms with E-state index in [1.807, 2.05) is 0 Å². The fourth-order valence-corrected chi connectivity index (χ4v) is 2.94. The van der Waals surface area contributed by atoms with Gasteiger partial charge >= 0.3 is 0 Å². The summed E-state index contributed by atoms with van der Waals surface area (Å²) in [5.41, 5.74) is 1.09. The molecule has 0 unspecified atom stereocenters. The molecule has 0 aliphatic heterocycles. The predicted molar refractivity (Wildman–Crippen MR) is 92.1 cm³/mol. The third kappa shape index (κ3) is 2.88. The van der Waals surface area contributed by atoms with Crippen LogP contribution in [0.2, 0.25) is 10.0 Å². The smallest absolute Gasteiger partial charge is 0.161 e. The zero-order valence-corrected chi connectivity index (χ0v) is 14.4. The fraction of sp³-hybridized carbons (Fsp3) is 0.118. The Morgan fingerprint density at radius 1 is 1.00 bits per heavy atom. The van der Waals surface area contributed by atoms with E-state index < -0.39 is 0 Å². The molecule has 124 valence electrons. The predicted octanol–water partition coefficient (Wildman–Crippen LogP) is 4.71. The van der Waals surface area contributed by atoms with Crippen molar-refractivity contribution in [1.82, 2.24) is 0 Å². The molecule has 3 rings (SSSR count). The molecule has 1 aromatic heterocycles. The second-order valence-corrected chi connectivity index (χ2v) is 5.77. The van der Waals surface area contributed by atoms with Gasteiger partial charge in [0.15, 0.2) is 17.1 Å². The van der Waals surface area contributed by atoms with Crippen molar-refractivity contribution in [1.29, 1.82) is 0 Å². The Morgan fingerprint density at radius 3 is 2.42 bits per heavy atom. The van der Waals surface area contributed by atoms with Crippen LogP contribution in [-0.4, -0.2) is 19.4 Å². The Kier molecular flexibility index (Phi) is 4.55. The van der Waals surface area contributed by atoms with Gasteiger partial charge in [0.25, 0.3) is 0 Å². The Morgan fingerprint density at radius 2 is 1.75 bits per heavy atom. The van der Waals surface area contributed by atoms with E-state index in [2.05, 4.69) is 5.16 Å². The van der Waals surface area contributed by atoms with E-state index >= 15 is 0 Å². The average molecular weight is 366 g/mol. The number of ether oxygens (including phenoxy) is 2. The molecule has 3 aromatic rings. The van der Waals surface area contributed by atoms with Crippen LogP contribution in [0.15, 0.2) is 46.0 Å². The van der Waals surface area contributed by atoms with Crippen molar-refractivity contribution >= 4 is 34.2 Å². The first-order valence-corrected chi connectivity index (χ1v) is 7.66. The molecule has 1 heterocycles. The molecular formula is C17H13Cl2NO4. The van der Waals surface area contributed by atoms with Gasteiger partial charge in [-0.05, 0) is 30.3 Å². The van der Waals surface area contributed by atoms with Crippen LogP contribution >= 0.6 is 23.2 Å². The molecule has 0 spiro atoms. The standard InChI is InChI=1S/C17H13Cl2NO4/c1-22-14-4-3-9(5-16(14)23-2)15-8-13(20-21)11-6-10(18)7-12(19)17(11)24-15/h3-8,21H,1-2H3/b20-13-. The van der Waals surface area contributed by atoms with Gasteiger partial charge < -0.3 is 19.1 Å². The maximum absolute atomic E-state index is 9.32. The topological polar surface area (TPSA) is 64.2 Å². The summed E-state index contributed by atoms with van der Waals surface area (Å²) in [4.78, 5) is 0. The summed E-state index contributed by atoms with van der Waals surface area (Å²) < 4.78 is 16.4. The van der Waals surface area contributed by atoms with E-state index in [9.17, 15) is 5.21 Å². The molecule has 2 aromatic carbocycles. The first-order chi connectivity index (χ1) is 11.6. The highest BCUT2D eigenvalue weighted by Gasteiger charge is 2.13. The molecule has 0 saturated carbocycles. The number of hydrogen-bond acceptors (Lipinski definition) is 5. The highest BCUT2D eigenvalue weighted by Crippen LogP contribution is 2.34. The van der Waals surface area contributed by atoms with Gasteiger partial charge in [0, 0.05) is 22.0 Å². The van der Waals surface area contributed by atoms with E-state index in [1.165, 1.54) is 0 Å². The molecule has 0 aliphatic carbocycles. The molecule has 0 saturated heterocycles. The number of fused-ring (bicyclic) bond motifs is 1. The highest BCUT2D eigenvalue weighted by molar-refractivity contribution is 6.38. The minimum atomic E-state index is 0.297. The van der Waals surface area contributed by atoms with Crippen molar-refractivity contribution in [3.63, 3.8) is 0 Å². The normalized spacial score (nSPS) is 11.8. The zero-order chi connectivity index (χ0) is 17.3. The number of nitrogens with zero attached hydrogens (tertiary/aromatic N) is 1. The molecule has 1 N–H and O–H groups in total. The second kappa shape index (κ2) is 6.63. The lowest BCUT2D eigenvalue weighted by Gasteiger charge is -2.10. The van der Waals surface area contributed by atoms with Gasteiger partial charge in [0.2, 0.25) is 0 Å². The summed E-state index contributed by atoms with van der Waals surface area (Å²) in [7, 11) is 3.11. The zero-order valence-electron chi connectivity index (χ0n) is 12.8. The lowest BCUT2D eigenvalue weighted by molar-refractivity contribution is 0.302. The van der Waals surface area contributed by atoms with Crippen molar-refractivity contribution < 1.29 is 19.1 Å². The Bertz CT molecular complexity index is 982. The summed E-state index contributed by atoms with van der Waals surface area (Å²) >= 11 is 12.2. The van der Waals surface area contributed by atoms with Crippen molar-refractivity contribution in [2.24, 2.45) is 5.16 Å². The van der Waals surface area contributed by atoms with E-state index in [1.54, 1.807) is 50.6 Å². The molecule has 0 fully saturated rings. The third-order valence-corrected chi connectivity index (χ3v) is 4.04. The maximum Gasteiger partial charge on any atom is 0.161 e. The van der Waals surface area contributed by atoms with Gasteiger partial charge in [-0.1, -0.05) is 28.4 Å². The number of halogens is 2. The van der Waals surface area contributed by atoms with E-state index in [0.29, 0.717) is 49.2 Å². The van der Waals surface area contributed by atoms with Crippen LogP contribution in [0, 0.1) is 0 Å². The molecule has 0 radical (unpaired) electrons. The lowest BCUT2D eigenvalue weighted by Crippen LogP contribution is -2.03.